The molecule has 0 saturated carbocycles. The van der Waals surface area contributed by atoms with Gasteiger partial charge in [0, 0.05) is 12.4 Å². The van der Waals surface area contributed by atoms with E-state index < -0.39 is 0 Å². The molecular formula is C9H8BrClN2. The fraction of sp³-hybridized carbons (Fsp3) is 0.222. The molecule has 0 fully saturated rings. The molecule has 0 atom stereocenters. The quantitative estimate of drug-likeness (QED) is 0.719. The van der Waals surface area contributed by atoms with Gasteiger partial charge in [-0.3, -0.25) is 0 Å². The van der Waals surface area contributed by atoms with Gasteiger partial charge in [0.25, 0.3) is 0 Å². The number of alkyl halides is 1. The molecule has 0 amide bonds. The minimum absolute atomic E-state index is 0.452. The topological polar surface area (TPSA) is 17.3 Å². The maximum Gasteiger partial charge on any atom is 0.151 e. The summed E-state index contributed by atoms with van der Waals surface area (Å²) in [4.78, 5) is 4.36. The van der Waals surface area contributed by atoms with Gasteiger partial charge in [0.05, 0.1) is 16.0 Å². The Bertz CT molecular complexity index is 450. The average molecular weight is 260 g/mol. The highest BCUT2D eigenvalue weighted by atomic mass is 79.9. The van der Waals surface area contributed by atoms with Gasteiger partial charge in [-0.25, -0.2) is 4.98 Å². The van der Waals surface area contributed by atoms with Crippen LogP contribution in [0.5, 0.6) is 0 Å². The Morgan fingerprint density at radius 3 is 3.00 bits per heavy atom. The Kier molecular flexibility index (Phi) is 2.30. The molecule has 2 aromatic rings. The van der Waals surface area contributed by atoms with Crippen molar-refractivity contribution in [2.75, 3.05) is 0 Å². The predicted octanol–water partition coefficient (Wildman–Crippen LogP) is 3.14. The van der Waals surface area contributed by atoms with Crippen LogP contribution in [0.4, 0.5) is 0 Å². The van der Waals surface area contributed by atoms with Crippen LogP contribution in [0.25, 0.3) is 5.65 Å². The van der Waals surface area contributed by atoms with E-state index in [9.17, 15) is 0 Å². The number of nitrogens with zero attached hydrogens (tertiary/aromatic N) is 2. The van der Waals surface area contributed by atoms with Gasteiger partial charge in [0.1, 0.15) is 0 Å². The SMILES string of the molecule is Cc1cc(Br)c2nc(CCl)cn2c1. The third-order valence-corrected chi connectivity index (χ3v) is 2.69. The molecule has 0 aliphatic heterocycles. The second kappa shape index (κ2) is 3.31. The van der Waals surface area contributed by atoms with Crippen molar-refractivity contribution in [3.8, 4) is 0 Å². The van der Waals surface area contributed by atoms with Gasteiger partial charge in [-0.1, -0.05) is 0 Å². The van der Waals surface area contributed by atoms with Gasteiger partial charge in [0.15, 0.2) is 5.65 Å². The van der Waals surface area contributed by atoms with E-state index in [4.69, 9.17) is 11.6 Å². The number of hydrogen-bond acceptors (Lipinski definition) is 1. The Labute approximate surface area is 89.7 Å². The van der Waals surface area contributed by atoms with E-state index >= 15 is 0 Å². The summed E-state index contributed by atoms with van der Waals surface area (Å²) in [7, 11) is 0. The van der Waals surface area contributed by atoms with Crippen LogP contribution < -0.4 is 0 Å². The molecule has 0 radical (unpaired) electrons. The van der Waals surface area contributed by atoms with Crippen LogP contribution in [0.15, 0.2) is 22.9 Å². The molecule has 2 aromatic heterocycles. The van der Waals surface area contributed by atoms with E-state index in [-0.39, 0.29) is 0 Å². The summed E-state index contributed by atoms with van der Waals surface area (Å²) in [6.45, 7) is 2.05. The lowest BCUT2D eigenvalue weighted by molar-refractivity contribution is 1.14. The highest BCUT2D eigenvalue weighted by molar-refractivity contribution is 9.10. The predicted molar refractivity (Wildman–Crippen MR) is 57.2 cm³/mol. The molecule has 0 unspecified atom stereocenters. The van der Waals surface area contributed by atoms with E-state index in [1.54, 1.807) is 0 Å². The molecule has 0 aromatic carbocycles. The fourth-order valence-corrected chi connectivity index (χ4v) is 2.09. The number of imidazole rings is 1. The van der Waals surface area contributed by atoms with Gasteiger partial charge in [0.2, 0.25) is 0 Å². The minimum Gasteiger partial charge on any atom is -0.306 e. The lowest BCUT2D eigenvalue weighted by Gasteiger charge is -1.97. The number of hydrogen-bond donors (Lipinski definition) is 0. The van der Waals surface area contributed by atoms with E-state index in [2.05, 4.69) is 20.9 Å². The van der Waals surface area contributed by atoms with Crippen molar-refractivity contribution < 1.29 is 0 Å². The second-order valence-corrected chi connectivity index (χ2v) is 4.08. The van der Waals surface area contributed by atoms with Crippen LogP contribution >= 0.6 is 27.5 Å². The zero-order chi connectivity index (χ0) is 9.42. The normalized spacial score (nSPS) is 11.0. The first-order valence-corrected chi connectivity index (χ1v) is 5.23. The van der Waals surface area contributed by atoms with Gasteiger partial charge in [-0.05, 0) is 34.5 Å². The molecule has 0 bridgehead atoms. The maximum absolute atomic E-state index is 5.70. The number of aryl methyl sites for hydroxylation is 1. The van der Waals surface area contributed by atoms with Crippen LogP contribution in [-0.4, -0.2) is 9.38 Å². The fourth-order valence-electron chi connectivity index (χ4n) is 1.30. The zero-order valence-electron chi connectivity index (χ0n) is 7.09. The summed E-state index contributed by atoms with van der Waals surface area (Å²) < 4.78 is 2.99. The van der Waals surface area contributed by atoms with E-state index in [1.807, 2.05) is 29.8 Å². The van der Waals surface area contributed by atoms with Crippen molar-refractivity contribution in [3.05, 3.63) is 34.2 Å². The third kappa shape index (κ3) is 1.58. The van der Waals surface area contributed by atoms with Gasteiger partial charge in [-0.15, -0.1) is 11.6 Å². The van der Waals surface area contributed by atoms with Crippen LogP contribution in [0.3, 0.4) is 0 Å². The number of aromatic nitrogens is 2. The highest BCUT2D eigenvalue weighted by Gasteiger charge is 2.04. The largest absolute Gasteiger partial charge is 0.306 e. The summed E-state index contributed by atoms with van der Waals surface area (Å²) >= 11 is 9.16. The van der Waals surface area contributed by atoms with Crippen molar-refractivity contribution in [3.63, 3.8) is 0 Å². The first kappa shape index (κ1) is 9.03. The van der Waals surface area contributed by atoms with Crippen molar-refractivity contribution in [2.24, 2.45) is 0 Å². The maximum atomic E-state index is 5.70. The molecule has 0 aliphatic rings. The molecule has 13 heavy (non-hydrogen) atoms. The Hall–Kier alpha value is -0.540. The lowest BCUT2D eigenvalue weighted by Crippen LogP contribution is -1.85. The lowest BCUT2D eigenvalue weighted by atomic mass is 10.3. The molecule has 0 N–H and O–H groups in total. The zero-order valence-corrected chi connectivity index (χ0v) is 9.43. The molecule has 2 rings (SSSR count). The van der Waals surface area contributed by atoms with Crippen LogP contribution in [0.1, 0.15) is 11.3 Å². The van der Waals surface area contributed by atoms with Crippen molar-refractivity contribution >= 4 is 33.2 Å². The summed E-state index contributed by atoms with van der Waals surface area (Å²) in [5.41, 5.74) is 3.01. The highest BCUT2D eigenvalue weighted by Crippen LogP contribution is 2.19. The van der Waals surface area contributed by atoms with E-state index in [1.165, 1.54) is 5.56 Å². The minimum atomic E-state index is 0.452. The first-order chi connectivity index (χ1) is 6.20. The Morgan fingerprint density at radius 1 is 1.54 bits per heavy atom. The smallest absolute Gasteiger partial charge is 0.151 e. The molecule has 4 heteroatoms. The Balaban J connectivity index is 2.75. The summed E-state index contributed by atoms with van der Waals surface area (Å²) in [5, 5.41) is 0. The molecule has 68 valence electrons. The number of pyridine rings is 1. The van der Waals surface area contributed by atoms with Crippen molar-refractivity contribution in [1.82, 2.24) is 9.38 Å². The molecule has 0 saturated heterocycles. The first-order valence-electron chi connectivity index (χ1n) is 3.90. The van der Waals surface area contributed by atoms with Crippen LogP contribution in [0.2, 0.25) is 0 Å². The summed E-state index contributed by atoms with van der Waals surface area (Å²) in [6, 6.07) is 2.04. The second-order valence-electron chi connectivity index (χ2n) is 2.96. The van der Waals surface area contributed by atoms with Gasteiger partial charge >= 0.3 is 0 Å². The molecule has 2 nitrogen and oxygen atoms in total. The van der Waals surface area contributed by atoms with Crippen molar-refractivity contribution in [2.45, 2.75) is 12.8 Å². The number of halogens is 2. The number of fused-ring (bicyclic) bond motifs is 1. The summed E-state index contributed by atoms with van der Waals surface area (Å²) in [5.74, 6) is 0.452. The average Bonchev–Trinajstić information content (AvgIpc) is 2.47. The van der Waals surface area contributed by atoms with Crippen molar-refractivity contribution in [1.29, 1.82) is 0 Å². The third-order valence-electron chi connectivity index (χ3n) is 1.83. The molecule has 0 aliphatic carbocycles. The monoisotopic (exact) mass is 258 g/mol. The van der Waals surface area contributed by atoms with E-state index in [0.717, 1.165) is 15.8 Å². The Morgan fingerprint density at radius 2 is 2.31 bits per heavy atom. The number of rotatable bonds is 1. The van der Waals surface area contributed by atoms with E-state index in [0.29, 0.717) is 5.88 Å². The molecular weight excluding hydrogens is 251 g/mol. The summed E-state index contributed by atoms with van der Waals surface area (Å²) in [6.07, 6.45) is 3.98. The van der Waals surface area contributed by atoms with Crippen LogP contribution in [-0.2, 0) is 5.88 Å². The van der Waals surface area contributed by atoms with Crippen LogP contribution in [0, 0.1) is 6.92 Å². The molecule has 2 heterocycles. The van der Waals surface area contributed by atoms with Gasteiger partial charge < -0.3 is 4.40 Å². The van der Waals surface area contributed by atoms with Gasteiger partial charge in [-0.2, -0.15) is 0 Å². The standard InChI is InChI=1S/C9H8BrClN2/c1-6-2-8(10)9-12-7(3-11)5-13(9)4-6/h2,4-5H,3H2,1H3. The molecule has 0 spiro atoms.